The Kier molecular flexibility index (Phi) is 2.68. The summed E-state index contributed by atoms with van der Waals surface area (Å²) in [5.41, 5.74) is 2.63. The zero-order chi connectivity index (χ0) is 11.8. The molecule has 16 heavy (non-hydrogen) atoms. The fourth-order valence-corrected chi connectivity index (χ4v) is 1.81. The smallest absolute Gasteiger partial charge is 0.178 e. The molecule has 2 aromatic heterocycles. The van der Waals surface area contributed by atoms with E-state index in [1.807, 2.05) is 19.1 Å². The molecule has 0 bridgehead atoms. The van der Waals surface area contributed by atoms with Crippen LogP contribution >= 0.6 is 0 Å². The standard InChI is InChI=1S/C12H18N4/c1-5-13-12(3,4)11-15-9-7-6-8(2)14-10(9)16-11/h6-7,13H,5H2,1-4H3,(H,14,15,16). The lowest BCUT2D eigenvalue weighted by Crippen LogP contribution is -2.37. The molecule has 0 aliphatic heterocycles. The molecule has 0 aliphatic rings. The number of aryl methyl sites for hydroxylation is 1. The largest absolute Gasteiger partial charge is 0.339 e. The number of pyridine rings is 1. The molecule has 4 nitrogen and oxygen atoms in total. The lowest BCUT2D eigenvalue weighted by Gasteiger charge is -2.22. The Balaban J connectivity index is 2.46. The van der Waals surface area contributed by atoms with E-state index in [1.165, 1.54) is 0 Å². The first kappa shape index (κ1) is 11.1. The Morgan fingerprint density at radius 3 is 2.75 bits per heavy atom. The van der Waals surface area contributed by atoms with Crippen molar-refractivity contribution < 1.29 is 0 Å². The predicted molar refractivity (Wildman–Crippen MR) is 65.3 cm³/mol. The van der Waals surface area contributed by atoms with E-state index in [0.29, 0.717) is 0 Å². The average molecular weight is 218 g/mol. The van der Waals surface area contributed by atoms with Gasteiger partial charge in [-0.2, -0.15) is 0 Å². The van der Waals surface area contributed by atoms with Crippen LogP contribution in [0.4, 0.5) is 0 Å². The Labute approximate surface area is 95.5 Å². The van der Waals surface area contributed by atoms with Crippen molar-refractivity contribution >= 4 is 11.2 Å². The van der Waals surface area contributed by atoms with Gasteiger partial charge in [-0.15, -0.1) is 0 Å². The van der Waals surface area contributed by atoms with Crippen LogP contribution in [0.5, 0.6) is 0 Å². The van der Waals surface area contributed by atoms with Crippen molar-refractivity contribution in [2.75, 3.05) is 6.54 Å². The highest BCUT2D eigenvalue weighted by molar-refractivity contribution is 5.70. The van der Waals surface area contributed by atoms with Gasteiger partial charge in [-0.1, -0.05) is 6.92 Å². The second-order valence-electron chi connectivity index (χ2n) is 4.56. The first-order chi connectivity index (χ1) is 7.53. The number of H-pyrrole nitrogens is 1. The van der Waals surface area contributed by atoms with Gasteiger partial charge < -0.3 is 10.3 Å². The summed E-state index contributed by atoms with van der Waals surface area (Å²) in [5, 5.41) is 3.39. The van der Waals surface area contributed by atoms with Crippen LogP contribution in [0.25, 0.3) is 11.2 Å². The third-order valence-corrected chi connectivity index (χ3v) is 2.70. The summed E-state index contributed by atoms with van der Waals surface area (Å²) in [7, 11) is 0. The monoisotopic (exact) mass is 218 g/mol. The summed E-state index contributed by atoms with van der Waals surface area (Å²) in [5.74, 6) is 0.933. The van der Waals surface area contributed by atoms with Gasteiger partial charge in [0.1, 0.15) is 5.82 Å². The van der Waals surface area contributed by atoms with Crippen LogP contribution in [0.15, 0.2) is 12.1 Å². The molecule has 2 rings (SSSR count). The Hall–Kier alpha value is -1.42. The van der Waals surface area contributed by atoms with Crippen molar-refractivity contribution in [1.29, 1.82) is 0 Å². The van der Waals surface area contributed by atoms with Crippen LogP contribution in [0.2, 0.25) is 0 Å². The van der Waals surface area contributed by atoms with Crippen molar-refractivity contribution in [3.8, 4) is 0 Å². The summed E-state index contributed by atoms with van der Waals surface area (Å²) in [6, 6.07) is 4.01. The Bertz CT molecular complexity index is 499. The highest BCUT2D eigenvalue weighted by Gasteiger charge is 2.23. The highest BCUT2D eigenvalue weighted by Crippen LogP contribution is 2.19. The van der Waals surface area contributed by atoms with Gasteiger partial charge in [0.2, 0.25) is 0 Å². The van der Waals surface area contributed by atoms with Crippen LogP contribution in [-0.4, -0.2) is 21.5 Å². The molecule has 0 aliphatic carbocycles. The van der Waals surface area contributed by atoms with Gasteiger partial charge in [-0.3, -0.25) is 0 Å². The topological polar surface area (TPSA) is 53.6 Å². The highest BCUT2D eigenvalue weighted by atomic mass is 15.1. The summed E-state index contributed by atoms with van der Waals surface area (Å²) in [6.07, 6.45) is 0. The lowest BCUT2D eigenvalue weighted by atomic mass is 10.1. The fourth-order valence-electron chi connectivity index (χ4n) is 1.81. The van der Waals surface area contributed by atoms with Gasteiger partial charge in [0.15, 0.2) is 5.65 Å². The third kappa shape index (κ3) is 1.93. The summed E-state index contributed by atoms with van der Waals surface area (Å²) >= 11 is 0. The van der Waals surface area contributed by atoms with Crippen LogP contribution in [0, 0.1) is 6.92 Å². The van der Waals surface area contributed by atoms with E-state index in [0.717, 1.165) is 29.2 Å². The van der Waals surface area contributed by atoms with Crippen LogP contribution < -0.4 is 5.32 Å². The number of aromatic nitrogens is 3. The number of nitrogens with one attached hydrogen (secondary N) is 2. The van der Waals surface area contributed by atoms with E-state index in [-0.39, 0.29) is 5.54 Å². The van der Waals surface area contributed by atoms with Gasteiger partial charge in [-0.25, -0.2) is 9.97 Å². The summed E-state index contributed by atoms with van der Waals surface area (Å²) in [6.45, 7) is 9.20. The zero-order valence-electron chi connectivity index (χ0n) is 10.3. The minimum Gasteiger partial charge on any atom is -0.339 e. The normalized spacial score (nSPS) is 12.2. The van der Waals surface area contributed by atoms with Gasteiger partial charge in [0, 0.05) is 5.69 Å². The number of hydrogen-bond donors (Lipinski definition) is 2. The molecule has 2 N–H and O–H groups in total. The van der Waals surface area contributed by atoms with Crippen LogP contribution in [0.3, 0.4) is 0 Å². The molecule has 2 heterocycles. The molecule has 0 saturated heterocycles. The maximum Gasteiger partial charge on any atom is 0.178 e. The van der Waals surface area contributed by atoms with Crippen molar-refractivity contribution in [3.63, 3.8) is 0 Å². The molecule has 0 spiro atoms. The molecule has 0 aromatic carbocycles. The predicted octanol–water partition coefficient (Wildman–Crippen LogP) is 2.11. The molecule has 0 unspecified atom stereocenters. The number of nitrogens with zero attached hydrogens (tertiary/aromatic N) is 2. The number of rotatable bonds is 3. The number of imidazole rings is 1. The van der Waals surface area contributed by atoms with Gasteiger partial charge >= 0.3 is 0 Å². The van der Waals surface area contributed by atoms with Crippen LogP contribution in [0.1, 0.15) is 32.3 Å². The molecule has 2 aromatic rings. The minimum atomic E-state index is -0.149. The maximum atomic E-state index is 4.53. The van der Waals surface area contributed by atoms with E-state index in [9.17, 15) is 0 Å². The van der Waals surface area contributed by atoms with E-state index in [1.54, 1.807) is 0 Å². The maximum absolute atomic E-state index is 4.53. The van der Waals surface area contributed by atoms with Gasteiger partial charge in [-0.05, 0) is 39.4 Å². The molecule has 0 saturated carbocycles. The van der Waals surface area contributed by atoms with Crippen molar-refractivity contribution in [2.45, 2.75) is 33.2 Å². The SMILES string of the molecule is CCNC(C)(C)c1nc2nc(C)ccc2[nH]1. The molecule has 0 amide bonds. The Morgan fingerprint density at radius 2 is 2.06 bits per heavy atom. The summed E-state index contributed by atoms with van der Waals surface area (Å²) < 4.78 is 0. The quantitative estimate of drug-likeness (QED) is 0.829. The van der Waals surface area contributed by atoms with Crippen LogP contribution in [-0.2, 0) is 5.54 Å². The van der Waals surface area contributed by atoms with Crippen molar-refractivity contribution in [2.24, 2.45) is 0 Å². The minimum absolute atomic E-state index is 0.149. The van der Waals surface area contributed by atoms with Crippen molar-refractivity contribution in [1.82, 2.24) is 20.3 Å². The first-order valence-corrected chi connectivity index (χ1v) is 5.62. The molecule has 0 fully saturated rings. The summed E-state index contributed by atoms with van der Waals surface area (Å²) in [4.78, 5) is 12.2. The molecule has 4 heteroatoms. The van der Waals surface area contributed by atoms with E-state index < -0.39 is 0 Å². The second-order valence-corrected chi connectivity index (χ2v) is 4.56. The molecular formula is C12H18N4. The number of hydrogen-bond acceptors (Lipinski definition) is 3. The number of fused-ring (bicyclic) bond motifs is 1. The lowest BCUT2D eigenvalue weighted by molar-refractivity contribution is 0.395. The fraction of sp³-hybridized carbons (Fsp3) is 0.500. The molecular weight excluding hydrogens is 200 g/mol. The van der Waals surface area contributed by atoms with Gasteiger partial charge in [0.25, 0.3) is 0 Å². The van der Waals surface area contributed by atoms with E-state index >= 15 is 0 Å². The Morgan fingerprint density at radius 1 is 1.31 bits per heavy atom. The molecule has 0 atom stereocenters. The van der Waals surface area contributed by atoms with Gasteiger partial charge in [0.05, 0.1) is 11.1 Å². The van der Waals surface area contributed by atoms with Crippen molar-refractivity contribution in [3.05, 3.63) is 23.7 Å². The third-order valence-electron chi connectivity index (χ3n) is 2.70. The van der Waals surface area contributed by atoms with E-state index in [2.05, 4.69) is 41.0 Å². The van der Waals surface area contributed by atoms with E-state index in [4.69, 9.17) is 0 Å². The number of aromatic amines is 1. The second kappa shape index (κ2) is 3.87. The first-order valence-electron chi connectivity index (χ1n) is 5.62. The molecule has 0 radical (unpaired) electrons. The average Bonchev–Trinajstić information content (AvgIpc) is 2.61. The zero-order valence-corrected chi connectivity index (χ0v) is 10.3. The molecule has 86 valence electrons.